The summed E-state index contributed by atoms with van der Waals surface area (Å²) in [6, 6.07) is 12.4. The van der Waals surface area contributed by atoms with Gasteiger partial charge in [-0.25, -0.2) is 14.0 Å². The third kappa shape index (κ3) is 8.25. The topological polar surface area (TPSA) is 193 Å². The molecule has 6 amide bonds. The molecule has 0 aliphatic carbocycles. The van der Waals surface area contributed by atoms with E-state index in [4.69, 9.17) is 10.7 Å². The fraction of sp³-hybridized carbons (Fsp3) is 0.476. The predicted molar refractivity (Wildman–Crippen MR) is 229 cm³/mol. The fourth-order valence-electron chi connectivity index (χ4n) is 9.40. The van der Waals surface area contributed by atoms with E-state index in [0.717, 1.165) is 80.7 Å². The number of imide groups is 1. The summed E-state index contributed by atoms with van der Waals surface area (Å²) < 4.78 is 15.8. The number of rotatable bonds is 10. The number of nitrogens with one attached hydrogen (secondary N) is 2. The minimum Gasteiger partial charge on any atom is -0.370 e. The van der Waals surface area contributed by atoms with Crippen molar-refractivity contribution in [1.82, 2.24) is 40.2 Å². The number of fused-ring (bicyclic) bond motifs is 1. The standard InChI is InChI=1S/C42H51FN14O4/c1-51-18-23-56(42(51)61)29-4-3-14-55(26-29)40-48-39(37(38(44)59)49-50-40)46-28-6-7-33(31(43)24-28)54-21-19-52(20-22-54)25-27-10-15-53(16-11-27)34-9-8-32(30-5-2-13-45-36(30)34)57-17-12-35(58)47-41(57)60/h2,5-9,13,24,27,29H,3-4,10-12,14-23,25-26H2,1H3,(H2,44,59)(H,46,48,50)(H,47,58,60). The lowest BCUT2D eigenvalue weighted by Gasteiger charge is -2.40. The molecule has 5 saturated heterocycles. The van der Waals surface area contributed by atoms with Crippen molar-refractivity contribution >= 4 is 69.3 Å². The molecule has 0 spiro atoms. The molecule has 2 aromatic heterocycles. The third-order valence-electron chi connectivity index (χ3n) is 12.7. The van der Waals surface area contributed by atoms with Crippen LogP contribution in [0.2, 0.25) is 0 Å². The van der Waals surface area contributed by atoms with Crippen LogP contribution in [-0.4, -0.2) is 150 Å². The highest BCUT2D eigenvalue weighted by Gasteiger charge is 2.35. The van der Waals surface area contributed by atoms with Crippen molar-refractivity contribution in [2.75, 3.05) is 111 Å². The van der Waals surface area contributed by atoms with E-state index < -0.39 is 17.8 Å². The zero-order chi connectivity index (χ0) is 42.2. The molecule has 9 rings (SSSR count). The number of piperidine rings is 2. The fourth-order valence-corrected chi connectivity index (χ4v) is 9.40. The number of benzene rings is 2. The Morgan fingerprint density at radius 2 is 1.64 bits per heavy atom. The molecule has 4 aromatic rings. The molecule has 19 heteroatoms. The summed E-state index contributed by atoms with van der Waals surface area (Å²) >= 11 is 0. The number of carbonyl (C=O) groups excluding carboxylic acids is 4. The highest BCUT2D eigenvalue weighted by molar-refractivity contribution is 6.11. The van der Waals surface area contributed by atoms with E-state index in [9.17, 15) is 19.2 Å². The number of amides is 6. The van der Waals surface area contributed by atoms with Gasteiger partial charge in [0.25, 0.3) is 5.91 Å². The molecule has 4 N–H and O–H groups in total. The third-order valence-corrected chi connectivity index (χ3v) is 12.7. The van der Waals surface area contributed by atoms with E-state index in [1.54, 1.807) is 35.2 Å². The largest absolute Gasteiger partial charge is 0.370 e. The van der Waals surface area contributed by atoms with E-state index >= 15 is 4.39 Å². The van der Waals surface area contributed by atoms with Crippen LogP contribution in [-0.2, 0) is 4.79 Å². The van der Waals surface area contributed by atoms with E-state index in [1.165, 1.54) is 6.07 Å². The number of anilines is 6. The molecule has 2 aromatic carbocycles. The van der Waals surface area contributed by atoms with E-state index in [0.29, 0.717) is 69.1 Å². The van der Waals surface area contributed by atoms with Gasteiger partial charge in [0.05, 0.1) is 28.6 Å². The second-order valence-electron chi connectivity index (χ2n) is 16.6. The van der Waals surface area contributed by atoms with Gasteiger partial charge in [0.2, 0.25) is 11.9 Å². The molecule has 1 unspecified atom stereocenters. The maximum Gasteiger partial charge on any atom is 0.328 e. The SMILES string of the molecule is CN1CCN(C2CCCN(c3nnc(C(N)=O)c(Nc4ccc(N5CCN(CC6CCN(c7ccc(N8CCC(=O)NC8=O)c8cccnc78)CC6)CC5)c(F)c4)n3)C2)C1=O. The Kier molecular flexibility index (Phi) is 11.1. The monoisotopic (exact) mass is 834 g/mol. The molecule has 7 heterocycles. The summed E-state index contributed by atoms with van der Waals surface area (Å²) in [6.45, 7) is 8.69. The molecule has 0 saturated carbocycles. The number of urea groups is 2. The smallest absolute Gasteiger partial charge is 0.328 e. The minimum absolute atomic E-state index is 0.00798. The molecule has 0 radical (unpaired) electrons. The van der Waals surface area contributed by atoms with Gasteiger partial charge in [-0.05, 0) is 74.1 Å². The maximum absolute atomic E-state index is 15.8. The number of halogens is 1. The van der Waals surface area contributed by atoms with Crippen LogP contribution in [0.15, 0.2) is 48.7 Å². The number of nitrogens with two attached hydrogens (primary N) is 1. The van der Waals surface area contributed by atoms with Gasteiger partial charge < -0.3 is 35.6 Å². The summed E-state index contributed by atoms with van der Waals surface area (Å²) in [4.78, 5) is 72.8. The Hall–Kier alpha value is -6.37. The number of hydrogen-bond acceptors (Lipinski definition) is 13. The normalized spacial score (nSPS) is 20.8. The van der Waals surface area contributed by atoms with Gasteiger partial charge in [-0.15, -0.1) is 10.2 Å². The van der Waals surface area contributed by atoms with Crippen LogP contribution in [0, 0.1) is 11.7 Å². The highest BCUT2D eigenvalue weighted by atomic mass is 19.1. The molecular weight excluding hydrogens is 784 g/mol. The second kappa shape index (κ2) is 16.9. The molecule has 18 nitrogen and oxygen atoms in total. The number of likely N-dealkylation sites (N-methyl/N-ethyl adjacent to an activating group) is 1. The molecule has 5 aliphatic heterocycles. The van der Waals surface area contributed by atoms with Crippen LogP contribution in [0.1, 0.15) is 42.6 Å². The summed E-state index contributed by atoms with van der Waals surface area (Å²) in [5, 5.41) is 14.7. The number of primary amides is 1. The van der Waals surface area contributed by atoms with Crippen molar-refractivity contribution < 1.29 is 23.6 Å². The number of hydrogen-bond donors (Lipinski definition) is 3. The van der Waals surface area contributed by atoms with Gasteiger partial charge in [-0.2, -0.15) is 4.98 Å². The molecule has 5 fully saturated rings. The van der Waals surface area contributed by atoms with Crippen molar-refractivity contribution in [3.63, 3.8) is 0 Å². The zero-order valence-corrected chi connectivity index (χ0v) is 34.3. The molecular formula is C42H51FN14O4. The van der Waals surface area contributed by atoms with Gasteiger partial charge in [0, 0.05) is 109 Å². The molecule has 0 bridgehead atoms. The number of nitrogens with zero attached hydrogens (tertiary/aromatic N) is 11. The van der Waals surface area contributed by atoms with Crippen LogP contribution >= 0.6 is 0 Å². The van der Waals surface area contributed by atoms with Gasteiger partial charge in [-0.1, -0.05) is 0 Å². The van der Waals surface area contributed by atoms with E-state index in [1.807, 2.05) is 34.1 Å². The minimum atomic E-state index is -0.806. The zero-order valence-electron chi connectivity index (χ0n) is 34.3. The van der Waals surface area contributed by atoms with Crippen molar-refractivity contribution in [2.24, 2.45) is 11.7 Å². The summed E-state index contributed by atoms with van der Waals surface area (Å²) in [6.07, 6.45) is 5.82. The maximum atomic E-state index is 15.8. The predicted octanol–water partition coefficient (Wildman–Crippen LogP) is 3.22. The van der Waals surface area contributed by atoms with Gasteiger partial charge >= 0.3 is 12.1 Å². The number of carbonyl (C=O) groups is 4. The van der Waals surface area contributed by atoms with Crippen molar-refractivity contribution in [2.45, 2.75) is 38.1 Å². The highest BCUT2D eigenvalue weighted by Crippen LogP contribution is 2.36. The van der Waals surface area contributed by atoms with Crippen molar-refractivity contribution in [3.05, 3.63) is 60.2 Å². The lowest BCUT2D eigenvalue weighted by molar-refractivity contribution is -0.120. The first-order valence-electron chi connectivity index (χ1n) is 21.2. The van der Waals surface area contributed by atoms with Crippen LogP contribution in [0.5, 0.6) is 0 Å². The van der Waals surface area contributed by atoms with Gasteiger partial charge in [0.15, 0.2) is 11.5 Å². The molecule has 61 heavy (non-hydrogen) atoms. The first-order chi connectivity index (χ1) is 29.6. The molecule has 1 atom stereocenters. The average molecular weight is 835 g/mol. The van der Waals surface area contributed by atoms with Gasteiger partial charge in [0.1, 0.15) is 5.82 Å². The number of aromatic nitrogens is 4. The number of piperazine rings is 1. The lowest BCUT2D eigenvalue weighted by Crippen LogP contribution is -2.49. The van der Waals surface area contributed by atoms with Crippen LogP contribution in [0.3, 0.4) is 0 Å². The Balaban J connectivity index is 0.787. The number of pyridine rings is 1. The summed E-state index contributed by atoms with van der Waals surface area (Å²) in [7, 11) is 1.80. The Bertz CT molecular complexity index is 2330. The van der Waals surface area contributed by atoms with Crippen molar-refractivity contribution in [1.29, 1.82) is 0 Å². The first kappa shape index (κ1) is 40.1. The lowest BCUT2D eigenvalue weighted by atomic mass is 9.95. The average Bonchev–Trinajstić information content (AvgIpc) is 3.61. The Morgan fingerprint density at radius 1 is 0.869 bits per heavy atom. The summed E-state index contributed by atoms with van der Waals surface area (Å²) in [5.41, 5.74) is 9.05. The first-order valence-corrected chi connectivity index (χ1v) is 21.2. The summed E-state index contributed by atoms with van der Waals surface area (Å²) in [5.74, 6) is -0.525. The van der Waals surface area contributed by atoms with E-state index in [2.05, 4.69) is 40.5 Å². The molecule has 5 aliphatic rings. The Labute approximate surface area is 352 Å². The molecule has 320 valence electrons. The van der Waals surface area contributed by atoms with Crippen LogP contribution < -0.4 is 36.0 Å². The van der Waals surface area contributed by atoms with Crippen molar-refractivity contribution in [3.8, 4) is 0 Å². The second-order valence-corrected chi connectivity index (χ2v) is 16.6. The van der Waals surface area contributed by atoms with Crippen LogP contribution in [0.4, 0.5) is 48.5 Å². The van der Waals surface area contributed by atoms with Gasteiger partial charge in [-0.3, -0.25) is 29.7 Å². The quantitative estimate of drug-likeness (QED) is 0.211. The van der Waals surface area contributed by atoms with Crippen LogP contribution in [0.25, 0.3) is 10.9 Å². The Morgan fingerprint density at radius 3 is 2.38 bits per heavy atom. The van der Waals surface area contributed by atoms with E-state index in [-0.39, 0.29) is 35.9 Å².